The van der Waals surface area contributed by atoms with E-state index in [-0.39, 0.29) is 11.9 Å². The molecule has 3 aromatic rings. The molecule has 0 aliphatic heterocycles. The van der Waals surface area contributed by atoms with Crippen LogP contribution in [-0.4, -0.2) is 10.9 Å². The summed E-state index contributed by atoms with van der Waals surface area (Å²) in [7, 11) is 0. The van der Waals surface area contributed by atoms with Gasteiger partial charge < -0.3 is 5.32 Å². The Labute approximate surface area is 142 Å². The van der Waals surface area contributed by atoms with Crippen molar-refractivity contribution in [2.45, 2.75) is 19.4 Å². The van der Waals surface area contributed by atoms with Crippen LogP contribution in [0.3, 0.4) is 0 Å². The molecule has 1 heterocycles. The van der Waals surface area contributed by atoms with E-state index < -0.39 is 0 Å². The van der Waals surface area contributed by atoms with E-state index >= 15 is 0 Å². The molecule has 0 bridgehead atoms. The number of rotatable bonds is 5. The second-order valence-corrected chi connectivity index (χ2v) is 5.81. The second kappa shape index (κ2) is 7.55. The molecule has 0 aliphatic carbocycles. The predicted molar refractivity (Wildman–Crippen MR) is 95.8 cm³/mol. The molecule has 1 N–H and O–H groups in total. The summed E-state index contributed by atoms with van der Waals surface area (Å²) in [5.74, 6) is -0.104. The fraction of sp³-hybridized carbons (Fsp3) is 0.143. The Morgan fingerprint density at radius 3 is 2.25 bits per heavy atom. The number of carbonyl (C=O) groups excluding carboxylic acids is 1. The topological polar surface area (TPSA) is 42.0 Å². The smallest absolute Gasteiger partial charge is 0.253 e. The van der Waals surface area contributed by atoms with Crippen molar-refractivity contribution in [2.75, 3.05) is 0 Å². The van der Waals surface area contributed by atoms with Crippen molar-refractivity contribution < 1.29 is 4.79 Å². The first-order valence-electron chi connectivity index (χ1n) is 8.05. The third-order valence-corrected chi connectivity index (χ3v) is 3.96. The van der Waals surface area contributed by atoms with Gasteiger partial charge in [0.05, 0.1) is 11.6 Å². The SMILES string of the molecule is Cc1ccc(C(=O)NC(Cc2ccccc2)c2ccccc2)cn1. The highest BCUT2D eigenvalue weighted by atomic mass is 16.1. The molecule has 3 nitrogen and oxygen atoms in total. The lowest BCUT2D eigenvalue weighted by Gasteiger charge is -2.19. The van der Waals surface area contributed by atoms with Crippen LogP contribution in [-0.2, 0) is 6.42 Å². The molecule has 24 heavy (non-hydrogen) atoms. The summed E-state index contributed by atoms with van der Waals surface area (Å²) < 4.78 is 0. The maximum atomic E-state index is 12.6. The number of hydrogen-bond acceptors (Lipinski definition) is 2. The average molecular weight is 316 g/mol. The minimum absolute atomic E-state index is 0.0811. The van der Waals surface area contributed by atoms with Gasteiger partial charge in [-0.2, -0.15) is 0 Å². The number of hydrogen-bond donors (Lipinski definition) is 1. The van der Waals surface area contributed by atoms with E-state index in [1.54, 1.807) is 6.20 Å². The van der Waals surface area contributed by atoms with Crippen molar-refractivity contribution in [2.24, 2.45) is 0 Å². The molecule has 1 amide bonds. The molecule has 1 atom stereocenters. The fourth-order valence-electron chi connectivity index (χ4n) is 2.63. The van der Waals surface area contributed by atoms with Crippen LogP contribution in [0.2, 0.25) is 0 Å². The van der Waals surface area contributed by atoms with E-state index in [2.05, 4.69) is 22.4 Å². The minimum Gasteiger partial charge on any atom is -0.345 e. The van der Waals surface area contributed by atoms with Gasteiger partial charge >= 0.3 is 0 Å². The van der Waals surface area contributed by atoms with Gasteiger partial charge in [0.1, 0.15) is 0 Å². The maximum Gasteiger partial charge on any atom is 0.253 e. The summed E-state index contributed by atoms with van der Waals surface area (Å²) in [5.41, 5.74) is 3.76. The van der Waals surface area contributed by atoms with Crippen LogP contribution in [0.5, 0.6) is 0 Å². The first kappa shape index (κ1) is 15.9. The molecule has 0 aliphatic rings. The third-order valence-electron chi connectivity index (χ3n) is 3.96. The summed E-state index contributed by atoms with van der Waals surface area (Å²) in [5, 5.41) is 3.14. The molecule has 120 valence electrons. The standard InChI is InChI=1S/C21H20N2O/c1-16-12-13-19(15-22-16)21(24)23-20(18-10-6-3-7-11-18)14-17-8-4-2-5-9-17/h2-13,15,20H,14H2,1H3,(H,23,24). The number of nitrogens with zero attached hydrogens (tertiary/aromatic N) is 1. The zero-order valence-electron chi connectivity index (χ0n) is 13.6. The van der Waals surface area contributed by atoms with E-state index in [0.29, 0.717) is 5.56 Å². The van der Waals surface area contributed by atoms with Gasteiger partial charge in [0.2, 0.25) is 0 Å². The average Bonchev–Trinajstić information content (AvgIpc) is 2.63. The molecule has 3 rings (SSSR count). The lowest BCUT2D eigenvalue weighted by atomic mass is 9.98. The van der Waals surface area contributed by atoms with Crippen molar-refractivity contribution in [3.8, 4) is 0 Å². The van der Waals surface area contributed by atoms with Crippen molar-refractivity contribution >= 4 is 5.91 Å². The van der Waals surface area contributed by atoms with Crippen molar-refractivity contribution in [3.05, 3.63) is 101 Å². The van der Waals surface area contributed by atoms with Gasteiger partial charge in [-0.05, 0) is 36.6 Å². The van der Waals surface area contributed by atoms with Gasteiger partial charge in [0.25, 0.3) is 5.91 Å². The van der Waals surface area contributed by atoms with E-state index in [0.717, 1.165) is 17.7 Å². The van der Waals surface area contributed by atoms with Crippen LogP contribution in [0, 0.1) is 6.92 Å². The van der Waals surface area contributed by atoms with Crippen LogP contribution in [0.15, 0.2) is 79.0 Å². The number of nitrogens with one attached hydrogen (secondary N) is 1. The molecule has 3 heteroatoms. The third kappa shape index (κ3) is 4.07. The van der Waals surface area contributed by atoms with Crippen LogP contribution in [0.1, 0.15) is 33.2 Å². The number of aromatic nitrogens is 1. The van der Waals surface area contributed by atoms with E-state index in [9.17, 15) is 4.79 Å². The zero-order valence-corrected chi connectivity index (χ0v) is 13.6. The second-order valence-electron chi connectivity index (χ2n) is 5.81. The fourth-order valence-corrected chi connectivity index (χ4v) is 2.63. The summed E-state index contributed by atoms with van der Waals surface area (Å²) in [6.45, 7) is 1.91. The highest BCUT2D eigenvalue weighted by Gasteiger charge is 2.16. The Bertz CT molecular complexity index is 783. The Morgan fingerprint density at radius 1 is 0.958 bits per heavy atom. The maximum absolute atomic E-state index is 12.6. The minimum atomic E-state index is -0.104. The molecule has 0 saturated carbocycles. The van der Waals surface area contributed by atoms with Gasteiger partial charge in [0, 0.05) is 11.9 Å². The first-order chi connectivity index (χ1) is 11.7. The van der Waals surface area contributed by atoms with Crippen LogP contribution < -0.4 is 5.32 Å². The molecular weight excluding hydrogens is 296 g/mol. The number of aryl methyl sites for hydroxylation is 1. The van der Waals surface area contributed by atoms with Crippen LogP contribution in [0.25, 0.3) is 0 Å². The monoisotopic (exact) mass is 316 g/mol. The van der Waals surface area contributed by atoms with Crippen molar-refractivity contribution in [1.29, 1.82) is 0 Å². The predicted octanol–water partition coefficient (Wildman–Crippen LogP) is 4.10. The number of pyridine rings is 1. The first-order valence-corrected chi connectivity index (χ1v) is 8.05. The molecule has 0 fully saturated rings. The number of benzene rings is 2. The number of amides is 1. The molecule has 1 unspecified atom stereocenters. The molecular formula is C21H20N2O. The number of carbonyl (C=O) groups is 1. The van der Waals surface area contributed by atoms with Gasteiger partial charge in [-0.15, -0.1) is 0 Å². The van der Waals surface area contributed by atoms with Crippen molar-refractivity contribution in [3.63, 3.8) is 0 Å². The van der Waals surface area contributed by atoms with Gasteiger partial charge in [-0.3, -0.25) is 9.78 Å². The summed E-state index contributed by atoms with van der Waals surface area (Å²) >= 11 is 0. The van der Waals surface area contributed by atoms with Crippen molar-refractivity contribution in [1.82, 2.24) is 10.3 Å². The highest BCUT2D eigenvalue weighted by molar-refractivity contribution is 5.94. The Balaban J connectivity index is 1.82. The zero-order chi connectivity index (χ0) is 16.8. The normalized spacial score (nSPS) is 11.7. The van der Waals surface area contributed by atoms with E-state index in [1.807, 2.05) is 67.6 Å². The Morgan fingerprint density at radius 2 is 1.62 bits per heavy atom. The summed E-state index contributed by atoms with van der Waals surface area (Å²) in [6.07, 6.45) is 2.37. The molecule has 1 aromatic heterocycles. The highest BCUT2D eigenvalue weighted by Crippen LogP contribution is 2.19. The van der Waals surface area contributed by atoms with Crippen LogP contribution in [0.4, 0.5) is 0 Å². The van der Waals surface area contributed by atoms with Crippen LogP contribution >= 0.6 is 0 Å². The van der Waals surface area contributed by atoms with Gasteiger partial charge in [0.15, 0.2) is 0 Å². The Hall–Kier alpha value is -2.94. The summed E-state index contributed by atoms with van der Waals surface area (Å²) in [6, 6.07) is 23.8. The molecule has 0 spiro atoms. The summed E-state index contributed by atoms with van der Waals surface area (Å²) in [4.78, 5) is 16.8. The lowest BCUT2D eigenvalue weighted by Crippen LogP contribution is -2.30. The van der Waals surface area contributed by atoms with E-state index in [1.165, 1.54) is 5.56 Å². The van der Waals surface area contributed by atoms with Gasteiger partial charge in [-0.1, -0.05) is 60.7 Å². The molecule has 0 saturated heterocycles. The largest absolute Gasteiger partial charge is 0.345 e. The van der Waals surface area contributed by atoms with E-state index in [4.69, 9.17) is 0 Å². The molecule has 0 radical (unpaired) electrons. The Kier molecular flexibility index (Phi) is 5.02. The molecule has 2 aromatic carbocycles. The lowest BCUT2D eigenvalue weighted by molar-refractivity contribution is 0.0936. The quantitative estimate of drug-likeness (QED) is 0.770. The van der Waals surface area contributed by atoms with Gasteiger partial charge in [-0.25, -0.2) is 0 Å².